The van der Waals surface area contributed by atoms with E-state index in [2.05, 4.69) is 15.5 Å². The Kier molecular flexibility index (Phi) is 4.10. The van der Waals surface area contributed by atoms with Gasteiger partial charge in [0.05, 0.1) is 13.3 Å². The van der Waals surface area contributed by atoms with E-state index in [1.54, 1.807) is 37.6 Å². The van der Waals surface area contributed by atoms with Gasteiger partial charge in [-0.2, -0.15) is 5.10 Å². The second-order valence-electron chi connectivity index (χ2n) is 5.14. The van der Waals surface area contributed by atoms with Crippen molar-refractivity contribution >= 4 is 23.0 Å². The van der Waals surface area contributed by atoms with Gasteiger partial charge in [0.25, 0.3) is 5.91 Å². The topological polar surface area (TPSA) is 66.5 Å². The molecule has 5 heteroatoms. The summed E-state index contributed by atoms with van der Waals surface area (Å²) in [7, 11) is 1.56. The number of carbonyl (C=O) groups excluding carboxylic acids is 1. The number of aromatic amines is 1. The van der Waals surface area contributed by atoms with E-state index in [-0.39, 0.29) is 5.91 Å². The molecule has 0 aliphatic carbocycles. The number of para-hydroxylation sites is 1. The lowest BCUT2D eigenvalue weighted by Crippen LogP contribution is -2.17. The quantitative estimate of drug-likeness (QED) is 0.574. The van der Waals surface area contributed by atoms with Crippen LogP contribution in [-0.4, -0.2) is 24.2 Å². The third-order valence-electron chi connectivity index (χ3n) is 3.64. The zero-order chi connectivity index (χ0) is 16.2. The first kappa shape index (κ1) is 14.8. The second kappa shape index (κ2) is 6.36. The molecule has 0 atom stereocenters. The molecule has 0 aliphatic rings. The molecule has 1 aromatic heterocycles. The highest BCUT2D eigenvalue weighted by molar-refractivity contribution is 6.01. The van der Waals surface area contributed by atoms with E-state index in [0.29, 0.717) is 11.3 Å². The average molecular weight is 307 g/mol. The second-order valence-corrected chi connectivity index (χ2v) is 5.14. The minimum Gasteiger partial charge on any atom is -0.497 e. The molecule has 0 radical (unpaired) electrons. The minimum atomic E-state index is -0.280. The van der Waals surface area contributed by atoms with E-state index in [0.717, 1.165) is 22.2 Å². The number of carbonyl (C=O) groups is 1. The van der Waals surface area contributed by atoms with Crippen molar-refractivity contribution in [3.63, 3.8) is 0 Å². The number of amides is 1. The highest BCUT2D eigenvalue weighted by Crippen LogP contribution is 2.19. The lowest BCUT2D eigenvalue weighted by atomic mass is 10.1. The summed E-state index contributed by atoms with van der Waals surface area (Å²) in [6.45, 7) is 1.98. The lowest BCUT2D eigenvalue weighted by Gasteiger charge is -2.03. The van der Waals surface area contributed by atoms with Gasteiger partial charge >= 0.3 is 0 Å². The van der Waals surface area contributed by atoms with Gasteiger partial charge in [-0.25, -0.2) is 5.43 Å². The van der Waals surface area contributed by atoms with Crippen molar-refractivity contribution in [2.75, 3.05) is 7.11 Å². The number of rotatable bonds is 4. The van der Waals surface area contributed by atoms with Crippen molar-refractivity contribution in [1.82, 2.24) is 10.4 Å². The van der Waals surface area contributed by atoms with Gasteiger partial charge in [-0.1, -0.05) is 24.3 Å². The lowest BCUT2D eigenvalue weighted by molar-refractivity contribution is 0.0955. The van der Waals surface area contributed by atoms with Gasteiger partial charge in [-0.05, 0) is 31.2 Å². The zero-order valence-corrected chi connectivity index (χ0v) is 13.0. The summed E-state index contributed by atoms with van der Waals surface area (Å²) in [6, 6.07) is 14.9. The molecule has 0 fully saturated rings. The highest BCUT2D eigenvalue weighted by atomic mass is 16.5. The van der Waals surface area contributed by atoms with Gasteiger partial charge in [-0.15, -0.1) is 0 Å². The number of H-pyrrole nitrogens is 1. The number of ether oxygens (including phenoxy) is 1. The number of nitrogens with one attached hydrogen (secondary N) is 2. The third-order valence-corrected chi connectivity index (χ3v) is 3.64. The molecular weight excluding hydrogens is 290 g/mol. The maximum absolute atomic E-state index is 12.1. The van der Waals surface area contributed by atoms with Gasteiger partial charge in [0, 0.05) is 27.7 Å². The summed E-state index contributed by atoms with van der Waals surface area (Å²) >= 11 is 0. The predicted octanol–water partition coefficient (Wildman–Crippen LogP) is 3.25. The molecule has 0 saturated carbocycles. The van der Waals surface area contributed by atoms with Gasteiger partial charge in [-0.3, -0.25) is 4.79 Å². The Balaban J connectivity index is 1.77. The molecule has 0 aliphatic heterocycles. The summed E-state index contributed by atoms with van der Waals surface area (Å²) in [4.78, 5) is 15.4. The summed E-state index contributed by atoms with van der Waals surface area (Å²) < 4.78 is 5.11. The molecule has 2 N–H and O–H groups in total. The van der Waals surface area contributed by atoms with Gasteiger partial charge in [0.15, 0.2) is 0 Å². The average Bonchev–Trinajstić information content (AvgIpc) is 2.90. The van der Waals surface area contributed by atoms with Gasteiger partial charge in [0.1, 0.15) is 5.75 Å². The van der Waals surface area contributed by atoms with Crippen LogP contribution in [0.25, 0.3) is 10.9 Å². The summed E-state index contributed by atoms with van der Waals surface area (Å²) in [5.74, 6) is 0.353. The number of nitrogens with zero attached hydrogens (tertiary/aromatic N) is 1. The standard InChI is InChI=1S/C18H17N3O2/c1-12-16(15-8-3-4-9-17(15)20-12)11-19-21-18(22)13-6-5-7-14(10-13)23-2/h3-11,20H,1-2H3,(H,21,22)/b19-11+. The summed E-state index contributed by atoms with van der Waals surface area (Å²) in [5, 5.41) is 5.14. The molecule has 23 heavy (non-hydrogen) atoms. The van der Waals surface area contributed by atoms with Crippen LogP contribution in [-0.2, 0) is 0 Å². The number of hydrogen-bond donors (Lipinski definition) is 2. The Morgan fingerprint density at radius 3 is 2.87 bits per heavy atom. The largest absolute Gasteiger partial charge is 0.497 e. The van der Waals surface area contributed by atoms with Crippen LogP contribution in [0.4, 0.5) is 0 Å². The Morgan fingerprint density at radius 1 is 1.22 bits per heavy atom. The molecule has 1 amide bonds. The van der Waals surface area contributed by atoms with E-state index >= 15 is 0 Å². The maximum atomic E-state index is 12.1. The van der Waals surface area contributed by atoms with Crippen molar-refractivity contribution in [3.8, 4) is 5.75 Å². The molecular formula is C18H17N3O2. The number of hydrogen-bond acceptors (Lipinski definition) is 3. The normalized spacial score (nSPS) is 11.0. The summed E-state index contributed by atoms with van der Waals surface area (Å²) in [5.41, 5.74) is 6.06. The van der Waals surface area contributed by atoms with Crippen LogP contribution >= 0.6 is 0 Å². The van der Waals surface area contributed by atoms with E-state index < -0.39 is 0 Å². The first-order valence-corrected chi connectivity index (χ1v) is 7.24. The number of hydrazone groups is 1. The van der Waals surface area contributed by atoms with Crippen LogP contribution < -0.4 is 10.2 Å². The fourth-order valence-electron chi connectivity index (χ4n) is 2.45. The molecule has 0 bridgehead atoms. The van der Waals surface area contributed by atoms with Gasteiger partial charge < -0.3 is 9.72 Å². The molecule has 2 aromatic carbocycles. The molecule has 0 saturated heterocycles. The number of benzene rings is 2. The van der Waals surface area contributed by atoms with Crippen molar-refractivity contribution in [2.45, 2.75) is 6.92 Å². The SMILES string of the molecule is COc1cccc(C(=O)N/N=C/c2c(C)[nH]c3ccccc23)c1. The Labute approximate surface area is 134 Å². The Bertz CT molecular complexity index is 881. The fraction of sp³-hybridized carbons (Fsp3) is 0.111. The molecule has 3 aromatic rings. The predicted molar refractivity (Wildman–Crippen MR) is 91.1 cm³/mol. The van der Waals surface area contributed by atoms with Crippen molar-refractivity contribution in [1.29, 1.82) is 0 Å². The number of aromatic nitrogens is 1. The van der Waals surface area contributed by atoms with Crippen molar-refractivity contribution < 1.29 is 9.53 Å². The van der Waals surface area contributed by atoms with E-state index in [1.807, 2.05) is 31.2 Å². The van der Waals surface area contributed by atoms with Crippen LogP contribution in [0.5, 0.6) is 5.75 Å². The molecule has 0 unspecified atom stereocenters. The van der Waals surface area contributed by atoms with Crippen LogP contribution in [0.2, 0.25) is 0 Å². The molecule has 0 spiro atoms. The van der Waals surface area contributed by atoms with E-state index in [9.17, 15) is 4.79 Å². The van der Waals surface area contributed by atoms with E-state index in [1.165, 1.54) is 0 Å². The van der Waals surface area contributed by atoms with Gasteiger partial charge in [0.2, 0.25) is 0 Å². The molecule has 116 valence electrons. The molecule has 3 rings (SSSR count). The van der Waals surface area contributed by atoms with E-state index in [4.69, 9.17) is 4.74 Å². The first-order chi connectivity index (χ1) is 11.2. The number of fused-ring (bicyclic) bond motifs is 1. The van der Waals surface area contributed by atoms with Crippen molar-refractivity contribution in [2.24, 2.45) is 5.10 Å². The van der Waals surface area contributed by atoms with Crippen molar-refractivity contribution in [3.05, 3.63) is 65.4 Å². The highest BCUT2D eigenvalue weighted by Gasteiger charge is 2.07. The molecule has 5 nitrogen and oxygen atoms in total. The van der Waals surface area contributed by atoms with Crippen LogP contribution in [0.1, 0.15) is 21.6 Å². The maximum Gasteiger partial charge on any atom is 0.271 e. The van der Waals surface area contributed by atoms with Crippen LogP contribution in [0, 0.1) is 6.92 Å². The first-order valence-electron chi connectivity index (χ1n) is 7.24. The number of methoxy groups -OCH3 is 1. The fourth-order valence-corrected chi connectivity index (χ4v) is 2.45. The van der Waals surface area contributed by atoms with Crippen LogP contribution in [0.15, 0.2) is 53.6 Å². The minimum absolute atomic E-state index is 0.280. The third kappa shape index (κ3) is 3.08. The molecule has 1 heterocycles. The summed E-state index contributed by atoms with van der Waals surface area (Å²) in [6.07, 6.45) is 1.66. The number of aryl methyl sites for hydroxylation is 1. The smallest absolute Gasteiger partial charge is 0.271 e. The monoisotopic (exact) mass is 307 g/mol. The zero-order valence-electron chi connectivity index (χ0n) is 13.0. The Morgan fingerprint density at radius 2 is 2.04 bits per heavy atom. The Hall–Kier alpha value is -3.08. The van der Waals surface area contributed by atoms with Crippen LogP contribution in [0.3, 0.4) is 0 Å².